The number of carbonyl (C=O) groups excluding carboxylic acids is 1. The van der Waals surface area contributed by atoms with Crippen LogP contribution in [0.25, 0.3) is 11.0 Å². The summed E-state index contributed by atoms with van der Waals surface area (Å²) in [6, 6.07) is 15.3. The molecule has 5 nitrogen and oxygen atoms in total. The summed E-state index contributed by atoms with van der Waals surface area (Å²) >= 11 is 5.81. The Morgan fingerprint density at radius 1 is 1.08 bits per heavy atom. The van der Waals surface area contributed by atoms with Crippen molar-refractivity contribution < 1.29 is 13.9 Å². The number of hydrogen-bond acceptors (Lipinski definition) is 4. The first-order valence-electron chi connectivity index (χ1n) is 7.28. The predicted molar refractivity (Wildman–Crippen MR) is 91.3 cm³/mol. The number of benzene rings is 2. The Morgan fingerprint density at radius 3 is 2.62 bits per heavy atom. The molecule has 1 N–H and O–H groups in total. The van der Waals surface area contributed by atoms with Gasteiger partial charge < -0.3 is 14.5 Å². The summed E-state index contributed by atoms with van der Waals surface area (Å²) < 4.78 is 10.5. The van der Waals surface area contributed by atoms with Crippen molar-refractivity contribution in [1.29, 1.82) is 0 Å². The van der Waals surface area contributed by atoms with Crippen LogP contribution in [0.15, 0.2) is 63.8 Å². The van der Waals surface area contributed by atoms with Crippen LogP contribution in [-0.4, -0.2) is 12.5 Å². The Balaban J connectivity index is 1.55. The molecule has 0 aliphatic carbocycles. The molecule has 0 unspecified atom stereocenters. The van der Waals surface area contributed by atoms with Crippen LogP contribution < -0.4 is 15.7 Å². The first kappa shape index (κ1) is 16.1. The Kier molecular flexibility index (Phi) is 4.82. The Hall–Kier alpha value is -2.79. The van der Waals surface area contributed by atoms with Crippen molar-refractivity contribution in [2.75, 3.05) is 6.61 Å². The van der Waals surface area contributed by atoms with Gasteiger partial charge in [-0.2, -0.15) is 0 Å². The Morgan fingerprint density at radius 2 is 1.83 bits per heavy atom. The molecule has 1 amide bonds. The largest absolute Gasteiger partial charge is 0.484 e. The highest BCUT2D eigenvalue weighted by Crippen LogP contribution is 2.19. The van der Waals surface area contributed by atoms with Gasteiger partial charge in [0.05, 0.1) is 0 Å². The lowest BCUT2D eigenvalue weighted by atomic mass is 10.2. The van der Waals surface area contributed by atoms with Gasteiger partial charge in [-0.15, -0.1) is 0 Å². The number of halogens is 1. The van der Waals surface area contributed by atoms with Gasteiger partial charge in [0.15, 0.2) is 6.61 Å². The summed E-state index contributed by atoms with van der Waals surface area (Å²) in [7, 11) is 0. The lowest BCUT2D eigenvalue weighted by Crippen LogP contribution is -2.28. The Bertz CT molecular complexity index is 918. The maximum Gasteiger partial charge on any atom is 0.336 e. The minimum atomic E-state index is -0.430. The molecular weight excluding hydrogens is 330 g/mol. The second-order valence-electron chi connectivity index (χ2n) is 5.15. The van der Waals surface area contributed by atoms with E-state index in [0.29, 0.717) is 22.9 Å². The first-order chi connectivity index (χ1) is 11.6. The highest BCUT2D eigenvalue weighted by Gasteiger charge is 2.05. The molecule has 0 aliphatic heterocycles. The third-order valence-corrected chi connectivity index (χ3v) is 3.62. The van der Waals surface area contributed by atoms with Crippen molar-refractivity contribution in [2.45, 2.75) is 6.54 Å². The smallest absolute Gasteiger partial charge is 0.336 e. The molecule has 0 fully saturated rings. The molecule has 0 aliphatic rings. The minimum Gasteiger partial charge on any atom is -0.484 e. The fraction of sp³-hybridized carbons (Fsp3) is 0.111. The van der Waals surface area contributed by atoms with Crippen LogP contribution in [0.4, 0.5) is 0 Å². The van der Waals surface area contributed by atoms with E-state index in [-0.39, 0.29) is 12.5 Å². The van der Waals surface area contributed by atoms with E-state index in [1.165, 1.54) is 6.07 Å². The topological polar surface area (TPSA) is 68.5 Å². The van der Waals surface area contributed by atoms with E-state index in [1.54, 1.807) is 36.4 Å². The molecule has 1 heterocycles. The summed E-state index contributed by atoms with van der Waals surface area (Å²) in [6.07, 6.45) is 0. The number of amides is 1. The van der Waals surface area contributed by atoms with Gasteiger partial charge in [0, 0.05) is 29.1 Å². The van der Waals surface area contributed by atoms with Gasteiger partial charge in [0.2, 0.25) is 0 Å². The van der Waals surface area contributed by atoms with E-state index in [2.05, 4.69) is 5.32 Å². The van der Waals surface area contributed by atoms with Crippen LogP contribution >= 0.6 is 11.6 Å². The molecule has 2 aromatic carbocycles. The fourth-order valence-corrected chi connectivity index (χ4v) is 2.26. The minimum absolute atomic E-state index is 0.129. The molecule has 6 heteroatoms. The quantitative estimate of drug-likeness (QED) is 0.723. The molecular formula is C18H14ClNO4. The van der Waals surface area contributed by atoms with Crippen LogP contribution in [0.5, 0.6) is 5.75 Å². The SMILES string of the molecule is O=C(COc1ccc2ccc(=O)oc2c1)NCc1ccc(Cl)cc1. The monoisotopic (exact) mass is 343 g/mol. The normalized spacial score (nSPS) is 10.5. The molecule has 0 radical (unpaired) electrons. The van der Waals surface area contributed by atoms with Gasteiger partial charge in [0.25, 0.3) is 5.91 Å². The van der Waals surface area contributed by atoms with Crippen molar-refractivity contribution in [1.82, 2.24) is 5.32 Å². The molecule has 1 aromatic heterocycles. The van der Waals surface area contributed by atoms with E-state index in [9.17, 15) is 9.59 Å². The molecule has 122 valence electrons. The van der Waals surface area contributed by atoms with Gasteiger partial charge in [0.1, 0.15) is 11.3 Å². The van der Waals surface area contributed by atoms with E-state index < -0.39 is 5.63 Å². The fourth-order valence-electron chi connectivity index (χ4n) is 2.13. The molecule has 24 heavy (non-hydrogen) atoms. The lowest BCUT2D eigenvalue weighted by Gasteiger charge is -2.08. The zero-order chi connectivity index (χ0) is 16.9. The van der Waals surface area contributed by atoms with Gasteiger partial charge in [-0.1, -0.05) is 23.7 Å². The Labute approximate surface area is 142 Å². The summed E-state index contributed by atoms with van der Waals surface area (Å²) in [6.45, 7) is 0.266. The maximum absolute atomic E-state index is 11.8. The molecule has 0 saturated carbocycles. The zero-order valence-electron chi connectivity index (χ0n) is 12.6. The molecule has 3 aromatic rings. The van der Waals surface area contributed by atoms with E-state index >= 15 is 0 Å². The maximum atomic E-state index is 11.8. The lowest BCUT2D eigenvalue weighted by molar-refractivity contribution is -0.123. The van der Waals surface area contributed by atoms with Crippen LogP contribution in [0.1, 0.15) is 5.56 Å². The highest BCUT2D eigenvalue weighted by molar-refractivity contribution is 6.30. The van der Waals surface area contributed by atoms with Crippen LogP contribution in [0.2, 0.25) is 5.02 Å². The second kappa shape index (κ2) is 7.19. The van der Waals surface area contributed by atoms with Crippen LogP contribution in [-0.2, 0) is 11.3 Å². The number of ether oxygens (including phenoxy) is 1. The zero-order valence-corrected chi connectivity index (χ0v) is 13.4. The number of nitrogens with one attached hydrogen (secondary N) is 1. The second-order valence-corrected chi connectivity index (χ2v) is 5.58. The standard InChI is InChI=1S/C18H14ClNO4/c19-14-5-1-12(2-6-14)10-20-17(21)11-23-15-7-3-13-4-8-18(22)24-16(13)9-15/h1-9H,10-11H2,(H,20,21). The summed E-state index contributed by atoms with van der Waals surface area (Å²) in [5.41, 5.74) is 0.933. The van der Waals surface area contributed by atoms with Gasteiger partial charge in [-0.3, -0.25) is 4.79 Å². The van der Waals surface area contributed by atoms with Gasteiger partial charge >= 0.3 is 5.63 Å². The van der Waals surface area contributed by atoms with Gasteiger partial charge in [-0.05, 0) is 35.9 Å². The highest BCUT2D eigenvalue weighted by atomic mass is 35.5. The predicted octanol–water partition coefficient (Wildman–Crippen LogP) is 3.14. The number of fused-ring (bicyclic) bond motifs is 1. The molecule has 0 saturated heterocycles. The van der Waals surface area contributed by atoms with Crippen LogP contribution in [0.3, 0.4) is 0 Å². The molecule has 3 rings (SSSR count). The summed E-state index contributed by atoms with van der Waals surface area (Å²) in [5, 5.41) is 4.19. The van der Waals surface area contributed by atoms with Crippen LogP contribution in [0, 0.1) is 0 Å². The molecule has 0 bridgehead atoms. The van der Waals surface area contributed by atoms with Crippen molar-refractivity contribution in [3.63, 3.8) is 0 Å². The third kappa shape index (κ3) is 4.14. The molecule has 0 spiro atoms. The molecule has 0 atom stereocenters. The van der Waals surface area contributed by atoms with Crippen molar-refractivity contribution in [3.05, 3.63) is 75.6 Å². The number of carbonyl (C=O) groups is 1. The average molecular weight is 344 g/mol. The summed E-state index contributed by atoms with van der Waals surface area (Å²) in [5.74, 6) is 0.207. The average Bonchev–Trinajstić information content (AvgIpc) is 2.59. The number of rotatable bonds is 5. The third-order valence-electron chi connectivity index (χ3n) is 3.37. The first-order valence-corrected chi connectivity index (χ1v) is 7.66. The summed E-state index contributed by atoms with van der Waals surface area (Å²) in [4.78, 5) is 23.1. The van der Waals surface area contributed by atoms with Gasteiger partial charge in [-0.25, -0.2) is 4.79 Å². The van der Waals surface area contributed by atoms with E-state index in [4.69, 9.17) is 20.8 Å². The van der Waals surface area contributed by atoms with Crippen molar-refractivity contribution in [2.24, 2.45) is 0 Å². The van der Waals surface area contributed by atoms with E-state index in [0.717, 1.165) is 10.9 Å². The van der Waals surface area contributed by atoms with Crippen molar-refractivity contribution in [3.8, 4) is 5.75 Å². The van der Waals surface area contributed by atoms with E-state index in [1.807, 2.05) is 12.1 Å². The number of hydrogen-bond donors (Lipinski definition) is 1. The van der Waals surface area contributed by atoms with Crippen molar-refractivity contribution >= 4 is 28.5 Å².